The highest BCUT2D eigenvalue weighted by atomic mass is 35.5. The number of carboxylic acid groups (broad SMARTS) is 1. The van der Waals surface area contributed by atoms with Gasteiger partial charge in [0.2, 0.25) is 0 Å². The summed E-state index contributed by atoms with van der Waals surface area (Å²) >= 11 is 6.50. The Morgan fingerprint density at radius 3 is 2.62 bits per heavy atom. The zero-order chi connectivity index (χ0) is 18.7. The zero-order valence-electron chi connectivity index (χ0n) is 14.8. The SMILES string of the molecule is COc1ccc(OC)c(C(c2ccccc2Cl)N2CCCC2C(=O)O)c1. The number of hydrogen-bond donors (Lipinski definition) is 1. The van der Waals surface area contributed by atoms with Crippen LogP contribution in [0, 0.1) is 0 Å². The molecule has 1 heterocycles. The predicted octanol–water partition coefficient (Wildman–Crippen LogP) is 4.00. The third-order valence-corrected chi connectivity index (χ3v) is 5.19. The monoisotopic (exact) mass is 375 g/mol. The van der Waals surface area contributed by atoms with Gasteiger partial charge in [-0.1, -0.05) is 29.8 Å². The number of carbonyl (C=O) groups is 1. The Hall–Kier alpha value is -2.24. The maximum absolute atomic E-state index is 11.8. The number of methoxy groups -OCH3 is 2. The van der Waals surface area contributed by atoms with Crippen molar-refractivity contribution in [3.63, 3.8) is 0 Å². The smallest absolute Gasteiger partial charge is 0.320 e. The molecule has 0 spiro atoms. The molecule has 5 nitrogen and oxygen atoms in total. The van der Waals surface area contributed by atoms with Crippen molar-refractivity contribution in [3.05, 3.63) is 58.6 Å². The summed E-state index contributed by atoms with van der Waals surface area (Å²) in [5, 5.41) is 10.3. The largest absolute Gasteiger partial charge is 0.497 e. The minimum Gasteiger partial charge on any atom is -0.497 e. The highest BCUT2D eigenvalue weighted by molar-refractivity contribution is 6.31. The number of likely N-dealkylation sites (tertiary alicyclic amines) is 1. The van der Waals surface area contributed by atoms with Gasteiger partial charge in [0.15, 0.2) is 0 Å². The number of carboxylic acids is 1. The van der Waals surface area contributed by atoms with Crippen LogP contribution in [0.4, 0.5) is 0 Å². The number of benzene rings is 2. The Morgan fingerprint density at radius 2 is 1.96 bits per heavy atom. The zero-order valence-corrected chi connectivity index (χ0v) is 15.6. The van der Waals surface area contributed by atoms with Crippen LogP contribution < -0.4 is 9.47 Å². The fraction of sp³-hybridized carbons (Fsp3) is 0.350. The number of nitrogens with zero attached hydrogens (tertiary/aromatic N) is 1. The normalized spacial score (nSPS) is 18.5. The molecule has 1 N–H and O–H groups in total. The molecule has 3 rings (SSSR count). The van der Waals surface area contributed by atoms with Crippen molar-refractivity contribution >= 4 is 17.6 Å². The van der Waals surface area contributed by atoms with Crippen LogP contribution in [-0.2, 0) is 4.79 Å². The van der Waals surface area contributed by atoms with Crippen molar-refractivity contribution in [3.8, 4) is 11.5 Å². The summed E-state index contributed by atoms with van der Waals surface area (Å²) in [4.78, 5) is 13.8. The Morgan fingerprint density at radius 1 is 1.19 bits per heavy atom. The van der Waals surface area contributed by atoms with E-state index < -0.39 is 12.0 Å². The lowest BCUT2D eigenvalue weighted by Crippen LogP contribution is -2.39. The minimum absolute atomic E-state index is 0.336. The van der Waals surface area contributed by atoms with E-state index in [0.717, 1.165) is 17.5 Å². The van der Waals surface area contributed by atoms with E-state index in [1.54, 1.807) is 14.2 Å². The van der Waals surface area contributed by atoms with E-state index in [9.17, 15) is 9.90 Å². The van der Waals surface area contributed by atoms with Crippen molar-refractivity contribution in [2.45, 2.75) is 24.9 Å². The summed E-state index contributed by atoms with van der Waals surface area (Å²) in [6.45, 7) is 0.674. The van der Waals surface area contributed by atoms with Crippen molar-refractivity contribution in [2.24, 2.45) is 0 Å². The predicted molar refractivity (Wildman–Crippen MR) is 100 cm³/mol. The second kappa shape index (κ2) is 7.98. The van der Waals surface area contributed by atoms with Crippen LogP contribution in [0.25, 0.3) is 0 Å². The van der Waals surface area contributed by atoms with Gasteiger partial charge in [-0.25, -0.2) is 0 Å². The molecule has 1 aliphatic rings. The first-order chi connectivity index (χ1) is 12.6. The second-order valence-electron chi connectivity index (χ2n) is 6.27. The molecule has 1 fully saturated rings. The summed E-state index contributed by atoms with van der Waals surface area (Å²) in [5.74, 6) is 0.539. The van der Waals surface area contributed by atoms with E-state index >= 15 is 0 Å². The lowest BCUT2D eigenvalue weighted by atomic mass is 9.95. The Labute approximate surface area is 158 Å². The van der Waals surface area contributed by atoms with Gasteiger partial charge in [-0.05, 0) is 42.7 Å². The van der Waals surface area contributed by atoms with Crippen LogP contribution in [0.1, 0.15) is 30.0 Å². The lowest BCUT2D eigenvalue weighted by molar-refractivity contribution is -0.142. The molecular weight excluding hydrogens is 354 g/mol. The molecule has 1 saturated heterocycles. The molecule has 0 aromatic heterocycles. The van der Waals surface area contributed by atoms with E-state index in [4.69, 9.17) is 21.1 Å². The van der Waals surface area contributed by atoms with Gasteiger partial charge in [-0.3, -0.25) is 9.69 Å². The minimum atomic E-state index is -0.818. The number of halogens is 1. The van der Waals surface area contributed by atoms with E-state index in [1.807, 2.05) is 47.4 Å². The molecule has 2 unspecified atom stereocenters. The van der Waals surface area contributed by atoms with E-state index in [-0.39, 0.29) is 6.04 Å². The van der Waals surface area contributed by atoms with Gasteiger partial charge >= 0.3 is 5.97 Å². The van der Waals surface area contributed by atoms with Crippen molar-refractivity contribution in [1.82, 2.24) is 4.90 Å². The van der Waals surface area contributed by atoms with Crippen LogP contribution in [0.5, 0.6) is 11.5 Å². The Balaban J connectivity index is 2.19. The molecular formula is C20H22ClNO4. The summed E-state index contributed by atoms with van der Waals surface area (Å²) < 4.78 is 11.0. The summed E-state index contributed by atoms with van der Waals surface area (Å²) in [5.41, 5.74) is 1.70. The summed E-state index contributed by atoms with van der Waals surface area (Å²) in [6, 6.07) is 12.2. The van der Waals surface area contributed by atoms with Crippen LogP contribution in [0.2, 0.25) is 5.02 Å². The quantitative estimate of drug-likeness (QED) is 0.827. The highest BCUT2D eigenvalue weighted by Gasteiger charge is 2.38. The van der Waals surface area contributed by atoms with Crippen LogP contribution >= 0.6 is 11.6 Å². The fourth-order valence-electron chi connectivity index (χ4n) is 3.64. The Kier molecular flexibility index (Phi) is 5.69. The van der Waals surface area contributed by atoms with Gasteiger partial charge < -0.3 is 14.6 Å². The molecule has 2 aromatic rings. The van der Waals surface area contributed by atoms with Gasteiger partial charge in [0.1, 0.15) is 17.5 Å². The first-order valence-electron chi connectivity index (χ1n) is 8.51. The first-order valence-corrected chi connectivity index (χ1v) is 8.89. The molecule has 6 heteroatoms. The maximum atomic E-state index is 11.8. The van der Waals surface area contributed by atoms with Gasteiger partial charge in [-0.15, -0.1) is 0 Å². The number of rotatable bonds is 6. The Bertz CT molecular complexity index is 795. The van der Waals surface area contributed by atoms with Crippen molar-refractivity contribution in [1.29, 1.82) is 0 Å². The standard InChI is InChI=1S/C20H22ClNO4/c1-25-13-9-10-18(26-2)15(12-13)19(14-6-3-4-7-16(14)21)22-11-5-8-17(22)20(23)24/h3-4,6-7,9-10,12,17,19H,5,8,11H2,1-2H3,(H,23,24). The third kappa shape index (κ3) is 3.50. The molecule has 2 atom stereocenters. The number of ether oxygens (including phenoxy) is 2. The molecule has 138 valence electrons. The van der Waals surface area contributed by atoms with Gasteiger partial charge in [0, 0.05) is 17.1 Å². The van der Waals surface area contributed by atoms with Crippen LogP contribution in [0.15, 0.2) is 42.5 Å². The summed E-state index contributed by atoms with van der Waals surface area (Å²) in [6.07, 6.45) is 1.44. The fourth-order valence-corrected chi connectivity index (χ4v) is 3.88. The average Bonchev–Trinajstić information content (AvgIpc) is 3.13. The van der Waals surface area contributed by atoms with Gasteiger partial charge in [0.25, 0.3) is 0 Å². The van der Waals surface area contributed by atoms with E-state index in [1.165, 1.54) is 0 Å². The molecule has 0 amide bonds. The van der Waals surface area contributed by atoms with Crippen molar-refractivity contribution < 1.29 is 19.4 Å². The van der Waals surface area contributed by atoms with Crippen LogP contribution in [-0.4, -0.2) is 42.8 Å². The number of hydrogen-bond acceptors (Lipinski definition) is 4. The lowest BCUT2D eigenvalue weighted by Gasteiger charge is -2.33. The van der Waals surface area contributed by atoms with Crippen molar-refractivity contribution in [2.75, 3.05) is 20.8 Å². The second-order valence-corrected chi connectivity index (χ2v) is 6.67. The van der Waals surface area contributed by atoms with Gasteiger partial charge in [-0.2, -0.15) is 0 Å². The number of aliphatic carboxylic acids is 1. The average molecular weight is 376 g/mol. The molecule has 2 aromatic carbocycles. The van der Waals surface area contributed by atoms with Gasteiger partial charge in [0.05, 0.1) is 20.3 Å². The molecule has 0 radical (unpaired) electrons. The molecule has 0 saturated carbocycles. The third-order valence-electron chi connectivity index (χ3n) is 4.84. The first kappa shape index (κ1) is 18.5. The maximum Gasteiger partial charge on any atom is 0.320 e. The molecule has 0 bridgehead atoms. The molecule has 0 aliphatic carbocycles. The van der Waals surface area contributed by atoms with Crippen LogP contribution in [0.3, 0.4) is 0 Å². The summed E-state index contributed by atoms with van der Waals surface area (Å²) in [7, 11) is 3.21. The van der Waals surface area contributed by atoms with E-state index in [0.29, 0.717) is 29.5 Å². The topological polar surface area (TPSA) is 59.0 Å². The molecule has 26 heavy (non-hydrogen) atoms. The molecule has 1 aliphatic heterocycles. The van der Waals surface area contributed by atoms with E-state index in [2.05, 4.69) is 0 Å². The highest BCUT2D eigenvalue weighted by Crippen LogP contribution is 2.42.